The van der Waals surface area contributed by atoms with Gasteiger partial charge in [0.1, 0.15) is 0 Å². The van der Waals surface area contributed by atoms with Crippen LogP contribution in [0.4, 0.5) is 13.2 Å². The minimum atomic E-state index is -4.58. The zero-order valence-corrected chi connectivity index (χ0v) is 15.8. The van der Waals surface area contributed by atoms with Crippen molar-refractivity contribution in [3.05, 3.63) is 60.2 Å². The lowest BCUT2D eigenvalue weighted by Gasteiger charge is -2.34. The number of nitrogens with one attached hydrogen (secondary N) is 2. The summed E-state index contributed by atoms with van der Waals surface area (Å²) in [5, 5.41) is 0. The number of amides is 1. The molecule has 1 aliphatic heterocycles. The van der Waals surface area contributed by atoms with Gasteiger partial charge in [-0.1, -0.05) is 15.9 Å². The van der Waals surface area contributed by atoms with E-state index in [1.807, 2.05) is 0 Å². The average molecular weight is 448 g/mol. The highest BCUT2D eigenvalue weighted by Gasteiger charge is 2.35. The Labute approximate surface area is 159 Å². The van der Waals surface area contributed by atoms with Crippen LogP contribution < -0.4 is 5.56 Å². The van der Waals surface area contributed by atoms with Gasteiger partial charge in [-0.15, -0.1) is 0 Å². The first-order chi connectivity index (χ1) is 12.1. The van der Waals surface area contributed by atoms with Crippen molar-refractivity contribution in [2.45, 2.75) is 32.1 Å². The largest absolute Gasteiger partial charge is 0.417 e. The maximum absolute atomic E-state index is 13.1. The first-order valence-corrected chi connectivity index (χ1v) is 8.80. The number of halogens is 4. The molecule has 2 N–H and O–H groups in total. The van der Waals surface area contributed by atoms with E-state index in [-0.39, 0.29) is 39.4 Å². The van der Waals surface area contributed by atoms with E-state index >= 15 is 0 Å². The van der Waals surface area contributed by atoms with E-state index in [0.717, 1.165) is 6.07 Å². The van der Waals surface area contributed by atoms with Crippen LogP contribution in [-0.4, -0.2) is 26.8 Å². The van der Waals surface area contributed by atoms with Crippen molar-refractivity contribution < 1.29 is 18.0 Å². The Morgan fingerprint density at radius 2 is 2.04 bits per heavy atom. The molecule has 0 fully saturated rings. The van der Waals surface area contributed by atoms with Crippen LogP contribution >= 0.6 is 28.1 Å². The third kappa shape index (κ3) is 3.48. The molecule has 10 heteroatoms. The molecule has 0 radical (unpaired) electrons. The summed E-state index contributed by atoms with van der Waals surface area (Å²) >= 11 is 7.80. The first-order valence-electron chi connectivity index (χ1n) is 7.60. The van der Waals surface area contributed by atoms with Crippen molar-refractivity contribution in [3.8, 4) is 0 Å². The predicted octanol–water partition coefficient (Wildman–Crippen LogP) is 3.80. The fourth-order valence-electron chi connectivity index (χ4n) is 2.96. The number of fused-ring (bicyclic) bond motifs is 1. The summed E-state index contributed by atoms with van der Waals surface area (Å²) in [6.45, 7) is 1.81. The first kappa shape index (κ1) is 18.8. The Morgan fingerprint density at radius 1 is 1.35 bits per heavy atom. The van der Waals surface area contributed by atoms with Crippen LogP contribution in [0.3, 0.4) is 0 Å². The van der Waals surface area contributed by atoms with Gasteiger partial charge in [0.05, 0.1) is 12.1 Å². The van der Waals surface area contributed by atoms with Crippen molar-refractivity contribution in [3.63, 3.8) is 0 Å². The van der Waals surface area contributed by atoms with E-state index < -0.39 is 17.6 Å². The van der Waals surface area contributed by atoms with E-state index in [0.29, 0.717) is 11.3 Å². The molecule has 138 valence electrons. The number of aromatic amines is 2. The highest BCUT2D eigenvalue weighted by Crippen LogP contribution is 2.35. The predicted molar refractivity (Wildman–Crippen MR) is 94.4 cm³/mol. The number of carbonyl (C=O) groups is 1. The molecule has 2 heterocycles. The molecule has 1 aliphatic rings. The number of nitrogens with zero attached hydrogens (tertiary/aromatic N) is 1. The molecule has 0 spiro atoms. The number of carbonyl (C=O) groups excluding carboxylic acids is 1. The second-order valence-corrected chi connectivity index (χ2v) is 7.31. The minimum Gasteiger partial charge on any atom is -0.334 e. The number of aromatic nitrogens is 2. The van der Waals surface area contributed by atoms with E-state index in [9.17, 15) is 22.8 Å². The fraction of sp³-hybridized carbons (Fsp3) is 0.312. The molecule has 1 aromatic carbocycles. The van der Waals surface area contributed by atoms with Crippen LogP contribution in [0.25, 0.3) is 0 Å². The number of hydrogen-bond donors (Lipinski definition) is 2. The molecular formula is C16H13BrF3N3O2S. The molecule has 0 saturated carbocycles. The third-order valence-corrected chi connectivity index (χ3v) is 5.17. The van der Waals surface area contributed by atoms with Crippen molar-refractivity contribution >= 4 is 34.1 Å². The molecule has 0 saturated heterocycles. The van der Waals surface area contributed by atoms with E-state index in [4.69, 9.17) is 12.2 Å². The topological polar surface area (TPSA) is 69.0 Å². The van der Waals surface area contributed by atoms with Crippen LogP contribution in [0.1, 0.15) is 34.1 Å². The SMILES string of the molecule is CC1Cc2c([nH]c(=S)[nH]c2=O)CN1C(=O)c1ccc(Br)c(C(F)(F)F)c1. The van der Waals surface area contributed by atoms with Crippen LogP contribution in [0.5, 0.6) is 0 Å². The Hall–Kier alpha value is -1.94. The van der Waals surface area contributed by atoms with Gasteiger partial charge in [-0.2, -0.15) is 13.2 Å². The average Bonchev–Trinajstić information content (AvgIpc) is 2.54. The van der Waals surface area contributed by atoms with Crippen LogP contribution in [0.15, 0.2) is 27.5 Å². The summed E-state index contributed by atoms with van der Waals surface area (Å²) in [7, 11) is 0. The lowest BCUT2D eigenvalue weighted by Crippen LogP contribution is -2.45. The Balaban J connectivity index is 1.98. The third-order valence-electron chi connectivity index (χ3n) is 4.27. The maximum atomic E-state index is 13.1. The second-order valence-electron chi connectivity index (χ2n) is 6.04. The highest BCUT2D eigenvalue weighted by atomic mass is 79.9. The smallest absolute Gasteiger partial charge is 0.334 e. The zero-order valence-electron chi connectivity index (χ0n) is 13.4. The summed E-state index contributed by atoms with van der Waals surface area (Å²) in [4.78, 5) is 31.6. The van der Waals surface area contributed by atoms with Gasteiger partial charge in [0.25, 0.3) is 11.5 Å². The van der Waals surface area contributed by atoms with Crippen molar-refractivity contribution in [2.75, 3.05) is 0 Å². The van der Waals surface area contributed by atoms with Gasteiger partial charge in [0, 0.05) is 27.3 Å². The number of benzene rings is 1. The van der Waals surface area contributed by atoms with Gasteiger partial charge in [0.2, 0.25) is 0 Å². The molecule has 1 amide bonds. The molecule has 0 aliphatic carbocycles. The Kier molecular flexibility index (Phi) is 4.82. The fourth-order valence-corrected chi connectivity index (χ4v) is 3.64. The van der Waals surface area contributed by atoms with Crippen LogP contribution in [0.2, 0.25) is 0 Å². The monoisotopic (exact) mass is 447 g/mol. The lowest BCUT2D eigenvalue weighted by molar-refractivity contribution is -0.138. The van der Waals surface area contributed by atoms with Crippen molar-refractivity contribution in [1.29, 1.82) is 0 Å². The van der Waals surface area contributed by atoms with Gasteiger partial charge in [-0.25, -0.2) is 0 Å². The maximum Gasteiger partial charge on any atom is 0.417 e. The number of H-pyrrole nitrogens is 2. The summed E-state index contributed by atoms with van der Waals surface area (Å²) in [6, 6.07) is 3.02. The van der Waals surface area contributed by atoms with Gasteiger partial charge in [-0.05, 0) is 43.8 Å². The van der Waals surface area contributed by atoms with Crippen molar-refractivity contribution in [2.24, 2.45) is 0 Å². The molecule has 2 aromatic rings. The molecule has 0 bridgehead atoms. The zero-order chi connectivity index (χ0) is 19.2. The van der Waals surface area contributed by atoms with E-state index in [1.165, 1.54) is 17.0 Å². The molecule has 5 nitrogen and oxygen atoms in total. The normalized spacial score (nSPS) is 17.1. The number of rotatable bonds is 1. The summed E-state index contributed by atoms with van der Waals surface area (Å²) < 4.78 is 39.3. The molecule has 1 aromatic heterocycles. The highest BCUT2D eigenvalue weighted by molar-refractivity contribution is 9.10. The molecule has 1 atom stereocenters. The van der Waals surface area contributed by atoms with Gasteiger partial charge in [0.15, 0.2) is 4.77 Å². The molecular weight excluding hydrogens is 435 g/mol. The summed E-state index contributed by atoms with van der Waals surface area (Å²) in [5.74, 6) is -0.541. The summed E-state index contributed by atoms with van der Waals surface area (Å²) in [5.41, 5.74) is -0.297. The van der Waals surface area contributed by atoms with E-state index in [1.54, 1.807) is 6.92 Å². The minimum absolute atomic E-state index is 0.0698. The standard InChI is InChI=1S/C16H13BrF3N3O2S/c1-7-4-9-12(21-15(26)22-13(9)24)6-23(7)14(25)8-2-3-11(17)10(5-8)16(18,19)20/h2-3,5,7H,4,6H2,1H3,(H2,21,22,24,26). The number of hydrogen-bond acceptors (Lipinski definition) is 3. The van der Waals surface area contributed by atoms with E-state index in [2.05, 4.69) is 25.9 Å². The Bertz CT molecular complexity index is 999. The molecule has 3 rings (SSSR count). The van der Waals surface area contributed by atoms with Crippen molar-refractivity contribution in [1.82, 2.24) is 14.9 Å². The second kappa shape index (κ2) is 6.66. The van der Waals surface area contributed by atoms with Gasteiger partial charge >= 0.3 is 6.18 Å². The lowest BCUT2D eigenvalue weighted by atomic mass is 9.98. The molecule has 26 heavy (non-hydrogen) atoms. The quantitative estimate of drug-likeness (QED) is 0.653. The van der Waals surface area contributed by atoms with Gasteiger partial charge < -0.3 is 9.88 Å². The van der Waals surface area contributed by atoms with Gasteiger partial charge in [-0.3, -0.25) is 14.6 Å². The van der Waals surface area contributed by atoms with Crippen LogP contribution in [0, 0.1) is 4.77 Å². The van der Waals surface area contributed by atoms with Crippen LogP contribution in [-0.2, 0) is 19.1 Å². The molecule has 1 unspecified atom stereocenters. The number of alkyl halides is 3. The Morgan fingerprint density at radius 3 is 2.69 bits per heavy atom. The summed E-state index contributed by atoms with van der Waals surface area (Å²) in [6.07, 6.45) is -4.29.